The van der Waals surface area contributed by atoms with Gasteiger partial charge >= 0.3 is 0 Å². The fraction of sp³-hybridized carbons (Fsp3) is 0.700. The van der Waals surface area contributed by atoms with Crippen LogP contribution < -0.4 is 10.6 Å². The van der Waals surface area contributed by atoms with Crippen molar-refractivity contribution in [3.63, 3.8) is 0 Å². The number of rotatable bonds is 6. The van der Waals surface area contributed by atoms with E-state index in [1.165, 1.54) is 56.3 Å². The minimum absolute atomic E-state index is 0.523. The van der Waals surface area contributed by atoms with Crippen molar-refractivity contribution in [1.82, 2.24) is 20.5 Å². The number of aliphatic imine (C=N–C) groups is 1. The fourth-order valence-electron chi connectivity index (χ4n) is 4.16. The molecule has 0 aromatic carbocycles. The van der Waals surface area contributed by atoms with Crippen molar-refractivity contribution in [1.29, 1.82) is 0 Å². The van der Waals surface area contributed by atoms with Gasteiger partial charge in [0.25, 0.3) is 0 Å². The summed E-state index contributed by atoms with van der Waals surface area (Å²) in [6, 6.07) is 2.63. The smallest absolute Gasteiger partial charge is 0.191 e. The highest BCUT2D eigenvalue weighted by molar-refractivity contribution is 5.80. The first-order valence-corrected chi connectivity index (χ1v) is 9.83. The summed E-state index contributed by atoms with van der Waals surface area (Å²) in [6.07, 6.45) is 11.8. The maximum absolute atomic E-state index is 4.40. The van der Waals surface area contributed by atoms with E-state index in [0.29, 0.717) is 6.04 Å². The second-order valence-corrected chi connectivity index (χ2v) is 7.59. The number of guanidine groups is 1. The number of pyridine rings is 1. The number of hydrogen-bond donors (Lipinski definition) is 2. The maximum Gasteiger partial charge on any atom is 0.191 e. The molecular formula is C20H33N5. The molecule has 0 radical (unpaired) electrons. The van der Waals surface area contributed by atoms with Crippen LogP contribution in [0.2, 0.25) is 0 Å². The molecule has 0 spiro atoms. The maximum atomic E-state index is 4.40. The summed E-state index contributed by atoms with van der Waals surface area (Å²) in [6.45, 7) is 6.68. The monoisotopic (exact) mass is 343 g/mol. The number of aryl methyl sites for hydroxylation is 1. The summed E-state index contributed by atoms with van der Waals surface area (Å²) in [5.41, 5.74) is 2.60. The molecule has 2 heterocycles. The van der Waals surface area contributed by atoms with E-state index >= 15 is 0 Å². The first-order valence-electron chi connectivity index (χ1n) is 9.83. The van der Waals surface area contributed by atoms with Crippen LogP contribution in [0.5, 0.6) is 0 Å². The van der Waals surface area contributed by atoms with Gasteiger partial charge in [0.05, 0.1) is 0 Å². The Labute approximate surface area is 152 Å². The summed E-state index contributed by atoms with van der Waals surface area (Å²) >= 11 is 0. The van der Waals surface area contributed by atoms with E-state index in [1.54, 1.807) is 0 Å². The van der Waals surface area contributed by atoms with Crippen molar-refractivity contribution in [3.8, 4) is 0 Å². The molecule has 0 bridgehead atoms. The van der Waals surface area contributed by atoms with Crippen molar-refractivity contribution in [3.05, 3.63) is 29.6 Å². The Kier molecular flexibility index (Phi) is 6.68. The Bertz CT molecular complexity index is 565. The van der Waals surface area contributed by atoms with Crippen LogP contribution in [0.25, 0.3) is 0 Å². The number of hydrogen-bond acceptors (Lipinski definition) is 3. The first-order chi connectivity index (χ1) is 12.2. The lowest BCUT2D eigenvalue weighted by atomic mass is 10.1. The molecule has 5 nitrogen and oxygen atoms in total. The van der Waals surface area contributed by atoms with Crippen LogP contribution in [0.1, 0.15) is 43.2 Å². The third kappa shape index (κ3) is 5.43. The van der Waals surface area contributed by atoms with E-state index in [4.69, 9.17) is 0 Å². The highest BCUT2D eigenvalue weighted by Crippen LogP contribution is 2.26. The molecule has 2 N–H and O–H groups in total. The zero-order chi connectivity index (χ0) is 17.5. The van der Waals surface area contributed by atoms with E-state index in [0.717, 1.165) is 31.4 Å². The van der Waals surface area contributed by atoms with Crippen molar-refractivity contribution in [2.75, 3.05) is 33.2 Å². The van der Waals surface area contributed by atoms with Gasteiger partial charge in [0, 0.05) is 51.7 Å². The second kappa shape index (κ2) is 9.18. The molecule has 0 amide bonds. The minimum atomic E-state index is 0.523. The third-order valence-corrected chi connectivity index (χ3v) is 5.65. The van der Waals surface area contributed by atoms with Crippen molar-refractivity contribution < 1.29 is 0 Å². The van der Waals surface area contributed by atoms with Gasteiger partial charge in [-0.05, 0) is 55.7 Å². The summed E-state index contributed by atoms with van der Waals surface area (Å²) < 4.78 is 0. The van der Waals surface area contributed by atoms with Crippen molar-refractivity contribution in [2.24, 2.45) is 10.9 Å². The van der Waals surface area contributed by atoms with E-state index in [1.807, 2.05) is 19.4 Å². The lowest BCUT2D eigenvalue weighted by molar-refractivity contribution is 0.275. The van der Waals surface area contributed by atoms with Gasteiger partial charge in [0.2, 0.25) is 0 Å². The number of aromatic nitrogens is 1. The van der Waals surface area contributed by atoms with Gasteiger partial charge in [0.1, 0.15) is 0 Å². The molecule has 138 valence electrons. The molecule has 1 saturated carbocycles. The van der Waals surface area contributed by atoms with Crippen molar-refractivity contribution >= 4 is 5.96 Å². The van der Waals surface area contributed by atoms with Crippen LogP contribution in [-0.2, 0) is 6.42 Å². The molecule has 25 heavy (non-hydrogen) atoms. The molecule has 1 atom stereocenters. The third-order valence-electron chi connectivity index (χ3n) is 5.65. The number of likely N-dealkylation sites (tertiary alicyclic amines) is 1. The van der Waals surface area contributed by atoms with Gasteiger partial charge in [0.15, 0.2) is 5.96 Å². The Morgan fingerprint density at radius 1 is 1.32 bits per heavy atom. The van der Waals surface area contributed by atoms with Gasteiger partial charge in [-0.25, -0.2) is 0 Å². The molecule has 1 saturated heterocycles. The molecule has 1 aliphatic heterocycles. The number of nitrogens with zero attached hydrogens (tertiary/aromatic N) is 3. The first kappa shape index (κ1) is 18.2. The SMILES string of the molecule is CN=C(NCCc1ccncc1C)NC1CCN(CC2CCCC2)C1. The average Bonchev–Trinajstić information content (AvgIpc) is 3.28. The Balaban J connectivity index is 1.38. The van der Waals surface area contributed by atoms with Crippen molar-refractivity contribution in [2.45, 2.75) is 51.5 Å². The summed E-state index contributed by atoms with van der Waals surface area (Å²) in [4.78, 5) is 11.2. The van der Waals surface area contributed by atoms with Crippen LogP contribution in [-0.4, -0.2) is 55.1 Å². The highest BCUT2D eigenvalue weighted by atomic mass is 15.2. The lowest BCUT2D eigenvalue weighted by Gasteiger charge is -2.21. The Morgan fingerprint density at radius 3 is 2.92 bits per heavy atom. The predicted octanol–water partition coefficient (Wildman–Crippen LogP) is 2.36. The Morgan fingerprint density at radius 2 is 2.16 bits per heavy atom. The fourth-order valence-corrected chi connectivity index (χ4v) is 4.16. The topological polar surface area (TPSA) is 52.6 Å². The predicted molar refractivity (Wildman–Crippen MR) is 104 cm³/mol. The summed E-state index contributed by atoms with van der Waals surface area (Å²) in [5.74, 6) is 1.87. The molecule has 2 aliphatic rings. The van der Waals surface area contributed by atoms with Crippen LogP contribution in [0.15, 0.2) is 23.5 Å². The van der Waals surface area contributed by atoms with Crippen LogP contribution in [0, 0.1) is 12.8 Å². The van der Waals surface area contributed by atoms with Gasteiger partial charge in [-0.3, -0.25) is 9.98 Å². The standard InChI is InChI=1S/C20H33N5/c1-16-13-22-10-7-18(16)8-11-23-20(21-2)24-19-9-12-25(15-19)14-17-5-3-4-6-17/h7,10,13,17,19H,3-6,8-9,11-12,14-15H2,1-2H3,(H2,21,23,24). The zero-order valence-electron chi connectivity index (χ0n) is 15.8. The zero-order valence-corrected chi connectivity index (χ0v) is 15.8. The molecular weight excluding hydrogens is 310 g/mol. The molecule has 3 rings (SSSR count). The summed E-state index contributed by atoms with van der Waals surface area (Å²) in [5, 5.41) is 7.07. The lowest BCUT2D eigenvalue weighted by Crippen LogP contribution is -2.45. The Hall–Kier alpha value is -1.62. The van der Waals surface area contributed by atoms with E-state index in [-0.39, 0.29) is 0 Å². The number of nitrogens with one attached hydrogen (secondary N) is 2. The largest absolute Gasteiger partial charge is 0.356 e. The van der Waals surface area contributed by atoms with Gasteiger partial charge < -0.3 is 15.5 Å². The van der Waals surface area contributed by atoms with Gasteiger partial charge in [-0.15, -0.1) is 0 Å². The normalized spacial score (nSPS) is 22.5. The minimum Gasteiger partial charge on any atom is -0.356 e. The van der Waals surface area contributed by atoms with E-state index in [2.05, 4.69) is 38.5 Å². The molecule has 1 aliphatic carbocycles. The van der Waals surface area contributed by atoms with Gasteiger partial charge in [-0.2, -0.15) is 0 Å². The summed E-state index contributed by atoms with van der Waals surface area (Å²) in [7, 11) is 1.86. The van der Waals surface area contributed by atoms with Gasteiger partial charge in [-0.1, -0.05) is 12.8 Å². The molecule has 5 heteroatoms. The van der Waals surface area contributed by atoms with E-state index < -0.39 is 0 Å². The molecule has 1 aromatic rings. The van der Waals surface area contributed by atoms with E-state index in [9.17, 15) is 0 Å². The quantitative estimate of drug-likeness (QED) is 0.615. The molecule has 2 fully saturated rings. The van der Waals surface area contributed by atoms with Crippen LogP contribution in [0.3, 0.4) is 0 Å². The molecule has 1 aromatic heterocycles. The average molecular weight is 344 g/mol. The highest BCUT2D eigenvalue weighted by Gasteiger charge is 2.26. The molecule has 1 unspecified atom stereocenters. The van der Waals surface area contributed by atoms with Crippen LogP contribution >= 0.6 is 0 Å². The second-order valence-electron chi connectivity index (χ2n) is 7.59. The van der Waals surface area contributed by atoms with Crippen LogP contribution in [0.4, 0.5) is 0 Å².